The van der Waals surface area contributed by atoms with E-state index in [2.05, 4.69) is 69.3 Å². The first-order chi connectivity index (χ1) is 13.0. The van der Waals surface area contributed by atoms with Crippen molar-refractivity contribution < 1.29 is 9.47 Å². The molecule has 7 heteroatoms. The molecule has 0 saturated carbocycles. The van der Waals surface area contributed by atoms with Crippen molar-refractivity contribution in [2.75, 3.05) is 47.0 Å². The summed E-state index contributed by atoms with van der Waals surface area (Å²) >= 11 is 3.68. The lowest BCUT2D eigenvalue weighted by atomic mass is 9.84. The van der Waals surface area contributed by atoms with Gasteiger partial charge in [0.15, 0.2) is 5.96 Å². The molecular weight excluding hydrogens is 533 g/mol. The molecule has 0 unspecified atom stereocenters. The van der Waals surface area contributed by atoms with Crippen LogP contribution in [0.5, 0.6) is 0 Å². The van der Waals surface area contributed by atoms with E-state index in [1.54, 1.807) is 7.11 Å². The first-order valence-corrected chi connectivity index (χ1v) is 10.6. The van der Waals surface area contributed by atoms with E-state index < -0.39 is 0 Å². The van der Waals surface area contributed by atoms with Crippen molar-refractivity contribution in [2.45, 2.75) is 44.6 Å². The van der Waals surface area contributed by atoms with E-state index in [1.165, 1.54) is 5.56 Å². The Hall–Kier alpha value is -0.380. The van der Waals surface area contributed by atoms with Gasteiger partial charge >= 0.3 is 0 Å². The first-order valence-electron chi connectivity index (χ1n) is 9.79. The van der Waals surface area contributed by atoms with Crippen LogP contribution in [0.2, 0.25) is 0 Å². The fraction of sp³-hybridized carbons (Fsp3) is 0.667. The molecule has 0 radical (unpaired) electrons. The summed E-state index contributed by atoms with van der Waals surface area (Å²) in [6.07, 6.45) is 3.40. The van der Waals surface area contributed by atoms with Crippen LogP contribution >= 0.6 is 39.9 Å². The molecule has 1 aromatic rings. The standard InChI is InChI=1S/C21H34BrN3O2.HI/c1-21(2,18-8-5-6-9-19(18)22)16-24-20(23-3)25-12-10-17(11-13-25)27-15-7-14-26-4;/h5-6,8-9,17H,7,10-16H2,1-4H3,(H,23,24);1H. The van der Waals surface area contributed by atoms with E-state index in [0.29, 0.717) is 6.10 Å². The summed E-state index contributed by atoms with van der Waals surface area (Å²) in [6.45, 7) is 8.85. The number of aliphatic imine (C=N–C) groups is 1. The van der Waals surface area contributed by atoms with Gasteiger partial charge in [0.05, 0.1) is 6.10 Å². The van der Waals surface area contributed by atoms with Crippen molar-refractivity contribution in [3.05, 3.63) is 34.3 Å². The maximum Gasteiger partial charge on any atom is 0.193 e. The van der Waals surface area contributed by atoms with Crippen LogP contribution in [0.4, 0.5) is 0 Å². The number of likely N-dealkylation sites (tertiary alicyclic amines) is 1. The van der Waals surface area contributed by atoms with Crippen molar-refractivity contribution >= 4 is 45.9 Å². The Kier molecular flexibility index (Phi) is 11.9. The number of nitrogens with zero attached hydrogens (tertiary/aromatic N) is 2. The SMILES string of the molecule is CN=C(NCC(C)(C)c1ccccc1Br)N1CCC(OCCCOC)CC1.I. The number of hydrogen-bond donors (Lipinski definition) is 1. The van der Waals surface area contributed by atoms with Gasteiger partial charge in [-0.1, -0.05) is 48.0 Å². The van der Waals surface area contributed by atoms with Gasteiger partial charge in [0, 0.05) is 56.9 Å². The van der Waals surface area contributed by atoms with Gasteiger partial charge in [-0.3, -0.25) is 4.99 Å². The Morgan fingerprint density at radius 2 is 1.93 bits per heavy atom. The molecule has 1 N–H and O–H groups in total. The summed E-state index contributed by atoms with van der Waals surface area (Å²) in [6, 6.07) is 8.43. The molecular formula is C21H35BrIN3O2. The van der Waals surface area contributed by atoms with Gasteiger partial charge < -0.3 is 19.7 Å². The molecule has 1 aliphatic rings. The van der Waals surface area contributed by atoms with E-state index in [4.69, 9.17) is 9.47 Å². The molecule has 160 valence electrons. The minimum absolute atomic E-state index is 0. The molecule has 1 aliphatic heterocycles. The average Bonchev–Trinajstić information content (AvgIpc) is 2.67. The van der Waals surface area contributed by atoms with Gasteiger partial charge in [-0.2, -0.15) is 0 Å². The lowest BCUT2D eigenvalue weighted by molar-refractivity contribution is 0.00987. The topological polar surface area (TPSA) is 46.1 Å². The van der Waals surface area contributed by atoms with Crippen molar-refractivity contribution in [3.63, 3.8) is 0 Å². The van der Waals surface area contributed by atoms with Gasteiger partial charge in [-0.25, -0.2) is 0 Å². The van der Waals surface area contributed by atoms with Crippen LogP contribution in [-0.2, 0) is 14.9 Å². The van der Waals surface area contributed by atoms with Crippen LogP contribution in [0.3, 0.4) is 0 Å². The van der Waals surface area contributed by atoms with Gasteiger partial charge in [-0.05, 0) is 30.9 Å². The van der Waals surface area contributed by atoms with Crippen LogP contribution in [0.15, 0.2) is 33.7 Å². The number of guanidine groups is 1. The van der Waals surface area contributed by atoms with Crippen molar-refractivity contribution in [3.8, 4) is 0 Å². The lowest BCUT2D eigenvalue weighted by Gasteiger charge is -2.36. The summed E-state index contributed by atoms with van der Waals surface area (Å²) in [5, 5.41) is 3.58. The van der Waals surface area contributed by atoms with Crippen LogP contribution in [-0.4, -0.2) is 64.0 Å². The minimum Gasteiger partial charge on any atom is -0.385 e. The third-order valence-electron chi connectivity index (χ3n) is 5.09. The summed E-state index contributed by atoms with van der Waals surface area (Å²) in [7, 11) is 3.59. The normalized spacial score (nSPS) is 16.0. The Bertz CT molecular complexity index is 605. The summed E-state index contributed by atoms with van der Waals surface area (Å²) in [5.74, 6) is 0.980. The molecule has 0 bridgehead atoms. The number of piperidine rings is 1. The summed E-state index contributed by atoms with van der Waals surface area (Å²) in [5.41, 5.74) is 1.30. The van der Waals surface area contributed by atoms with Gasteiger partial charge in [0.25, 0.3) is 0 Å². The van der Waals surface area contributed by atoms with Crippen LogP contribution in [0.25, 0.3) is 0 Å². The third kappa shape index (κ3) is 7.80. The lowest BCUT2D eigenvalue weighted by Crippen LogP contribution is -2.49. The minimum atomic E-state index is -0.00118. The molecule has 0 aromatic heterocycles. The highest BCUT2D eigenvalue weighted by atomic mass is 127. The number of benzene rings is 1. The fourth-order valence-corrected chi connectivity index (χ4v) is 4.25. The zero-order valence-electron chi connectivity index (χ0n) is 17.5. The number of rotatable bonds is 8. The quantitative estimate of drug-likeness (QED) is 0.218. The van der Waals surface area contributed by atoms with Gasteiger partial charge in [0.1, 0.15) is 0 Å². The zero-order chi connectivity index (χ0) is 19.7. The number of nitrogens with one attached hydrogen (secondary N) is 1. The molecule has 0 amide bonds. The Morgan fingerprint density at radius 1 is 1.25 bits per heavy atom. The fourth-order valence-electron chi connectivity index (χ4n) is 3.43. The van der Waals surface area contributed by atoms with Crippen molar-refractivity contribution in [2.24, 2.45) is 4.99 Å². The molecule has 1 heterocycles. The maximum atomic E-state index is 5.96. The van der Waals surface area contributed by atoms with Crippen LogP contribution in [0, 0.1) is 0 Å². The average molecular weight is 568 g/mol. The second-order valence-corrected chi connectivity index (χ2v) is 8.52. The largest absolute Gasteiger partial charge is 0.385 e. The second kappa shape index (κ2) is 13.0. The van der Waals surface area contributed by atoms with Crippen LogP contribution in [0.1, 0.15) is 38.7 Å². The predicted molar refractivity (Wildman–Crippen MR) is 131 cm³/mol. The van der Waals surface area contributed by atoms with Gasteiger partial charge in [-0.15, -0.1) is 24.0 Å². The monoisotopic (exact) mass is 567 g/mol. The Balaban J connectivity index is 0.00000392. The molecule has 5 nitrogen and oxygen atoms in total. The highest BCUT2D eigenvalue weighted by Crippen LogP contribution is 2.29. The molecule has 0 atom stereocenters. The molecule has 1 saturated heterocycles. The van der Waals surface area contributed by atoms with E-state index in [0.717, 1.165) is 62.5 Å². The molecule has 2 rings (SSSR count). The summed E-state index contributed by atoms with van der Waals surface area (Å²) in [4.78, 5) is 6.84. The second-order valence-electron chi connectivity index (χ2n) is 7.67. The van der Waals surface area contributed by atoms with E-state index in [-0.39, 0.29) is 29.4 Å². The van der Waals surface area contributed by atoms with Crippen LogP contribution < -0.4 is 5.32 Å². The maximum absolute atomic E-state index is 5.96. The van der Waals surface area contributed by atoms with Crippen molar-refractivity contribution in [1.82, 2.24) is 10.2 Å². The number of ether oxygens (including phenoxy) is 2. The highest BCUT2D eigenvalue weighted by molar-refractivity contribution is 14.0. The number of halogens is 2. The van der Waals surface area contributed by atoms with E-state index in [1.807, 2.05) is 7.05 Å². The van der Waals surface area contributed by atoms with Crippen molar-refractivity contribution in [1.29, 1.82) is 0 Å². The number of methoxy groups -OCH3 is 1. The summed E-state index contributed by atoms with van der Waals surface area (Å²) < 4.78 is 12.2. The molecule has 0 spiro atoms. The smallest absolute Gasteiger partial charge is 0.193 e. The van der Waals surface area contributed by atoms with E-state index in [9.17, 15) is 0 Å². The van der Waals surface area contributed by atoms with E-state index >= 15 is 0 Å². The molecule has 28 heavy (non-hydrogen) atoms. The Morgan fingerprint density at radius 3 is 2.54 bits per heavy atom. The first kappa shape index (κ1) is 25.7. The molecule has 1 fully saturated rings. The third-order valence-corrected chi connectivity index (χ3v) is 5.78. The molecule has 0 aliphatic carbocycles. The predicted octanol–water partition coefficient (Wildman–Crippen LogP) is 4.44. The molecule has 1 aromatic carbocycles. The number of hydrogen-bond acceptors (Lipinski definition) is 3. The Labute approximate surface area is 195 Å². The highest BCUT2D eigenvalue weighted by Gasteiger charge is 2.26. The van der Waals surface area contributed by atoms with Gasteiger partial charge in [0.2, 0.25) is 0 Å². The zero-order valence-corrected chi connectivity index (χ0v) is 21.5.